The number of aromatic carboxylic acids is 1. The number of benzene rings is 1. The second-order valence-electron chi connectivity index (χ2n) is 4.77. The number of hydrogen-bond acceptors (Lipinski definition) is 3. The summed E-state index contributed by atoms with van der Waals surface area (Å²) in [6.07, 6.45) is 0.978. The fourth-order valence-corrected chi connectivity index (χ4v) is 3.33. The number of anilines is 1. The van der Waals surface area contributed by atoms with Crippen LogP contribution in [-0.4, -0.2) is 46.1 Å². The van der Waals surface area contributed by atoms with Gasteiger partial charge in [0.2, 0.25) is 0 Å². The van der Waals surface area contributed by atoms with Gasteiger partial charge in [0.1, 0.15) is 5.82 Å². The Hall–Kier alpha value is -1.76. The molecule has 1 saturated heterocycles. The van der Waals surface area contributed by atoms with Crippen molar-refractivity contribution < 1.29 is 19.1 Å². The number of amides is 2. The standard InChI is InChI=1S/C14H17FN2O3S/c1-2-10-8-17(5-6-21-10)14(20)16-12-4-3-9(15)7-11(12)13(18)19/h3-4,7,10H,2,5-6,8H2,1H3,(H,16,20)(H,18,19). The minimum atomic E-state index is -1.27. The molecule has 1 unspecified atom stereocenters. The number of rotatable bonds is 3. The van der Waals surface area contributed by atoms with Crippen molar-refractivity contribution in [2.75, 3.05) is 24.2 Å². The van der Waals surface area contributed by atoms with Crippen molar-refractivity contribution in [3.63, 3.8) is 0 Å². The highest BCUT2D eigenvalue weighted by molar-refractivity contribution is 8.00. The summed E-state index contributed by atoms with van der Waals surface area (Å²) in [5, 5.41) is 12.0. The SMILES string of the molecule is CCC1CN(C(=O)Nc2ccc(F)cc2C(=O)O)CCS1. The fourth-order valence-electron chi connectivity index (χ4n) is 2.15. The van der Waals surface area contributed by atoms with Gasteiger partial charge in [-0.05, 0) is 24.6 Å². The molecule has 0 aliphatic carbocycles. The maximum Gasteiger partial charge on any atom is 0.337 e. The van der Waals surface area contributed by atoms with Crippen molar-refractivity contribution in [3.05, 3.63) is 29.6 Å². The molecule has 2 rings (SSSR count). The van der Waals surface area contributed by atoms with Crippen LogP contribution in [-0.2, 0) is 0 Å². The number of nitrogens with one attached hydrogen (secondary N) is 1. The smallest absolute Gasteiger partial charge is 0.337 e. The van der Waals surface area contributed by atoms with Crippen LogP contribution >= 0.6 is 11.8 Å². The summed E-state index contributed by atoms with van der Waals surface area (Å²) in [5.74, 6) is -1.06. The van der Waals surface area contributed by atoms with E-state index in [2.05, 4.69) is 12.2 Å². The summed E-state index contributed by atoms with van der Waals surface area (Å²) in [4.78, 5) is 25.0. The van der Waals surface area contributed by atoms with E-state index in [-0.39, 0.29) is 17.3 Å². The number of thioether (sulfide) groups is 1. The minimum Gasteiger partial charge on any atom is -0.478 e. The Kier molecular flexibility index (Phi) is 5.06. The first-order chi connectivity index (χ1) is 10.0. The molecule has 0 saturated carbocycles. The van der Waals surface area contributed by atoms with Crippen LogP contribution in [0.2, 0.25) is 0 Å². The average Bonchev–Trinajstić information content (AvgIpc) is 2.48. The lowest BCUT2D eigenvalue weighted by Gasteiger charge is -2.32. The second-order valence-corrected chi connectivity index (χ2v) is 6.18. The molecule has 1 atom stereocenters. The molecule has 1 aliphatic rings. The van der Waals surface area contributed by atoms with Crippen LogP contribution in [0.4, 0.5) is 14.9 Å². The quantitative estimate of drug-likeness (QED) is 0.900. The number of nitrogens with zero attached hydrogens (tertiary/aromatic N) is 1. The van der Waals surface area contributed by atoms with E-state index < -0.39 is 11.8 Å². The Bertz CT molecular complexity index is 553. The Balaban J connectivity index is 2.11. The molecule has 21 heavy (non-hydrogen) atoms. The largest absolute Gasteiger partial charge is 0.478 e. The molecule has 1 heterocycles. The molecule has 1 aromatic rings. The highest BCUT2D eigenvalue weighted by Gasteiger charge is 2.24. The monoisotopic (exact) mass is 312 g/mol. The van der Waals surface area contributed by atoms with Gasteiger partial charge in [0.15, 0.2) is 0 Å². The fraction of sp³-hybridized carbons (Fsp3) is 0.429. The van der Waals surface area contributed by atoms with Crippen molar-refractivity contribution in [1.29, 1.82) is 0 Å². The zero-order chi connectivity index (χ0) is 15.4. The normalized spacial score (nSPS) is 18.4. The molecule has 0 bridgehead atoms. The van der Waals surface area contributed by atoms with Crippen LogP contribution in [0.3, 0.4) is 0 Å². The third-order valence-corrected chi connectivity index (χ3v) is 4.71. The maximum atomic E-state index is 13.1. The average molecular weight is 312 g/mol. The first-order valence-electron chi connectivity index (χ1n) is 6.71. The van der Waals surface area contributed by atoms with Gasteiger partial charge in [-0.1, -0.05) is 6.92 Å². The van der Waals surface area contributed by atoms with Crippen molar-refractivity contribution in [2.45, 2.75) is 18.6 Å². The summed E-state index contributed by atoms with van der Waals surface area (Å²) in [6.45, 7) is 3.33. The van der Waals surface area contributed by atoms with Crippen LogP contribution < -0.4 is 5.32 Å². The van der Waals surface area contributed by atoms with Gasteiger partial charge >= 0.3 is 12.0 Å². The lowest BCUT2D eigenvalue weighted by Crippen LogP contribution is -2.44. The molecule has 2 amide bonds. The second kappa shape index (κ2) is 6.80. The van der Waals surface area contributed by atoms with Crippen molar-refractivity contribution >= 4 is 29.4 Å². The van der Waals surface area contributed by atoms with E-state index in [0.717, 1.165) is 24.3 Å². The third-order valence-electron chi connectivity index (χ3n) is 3.33. The van der Waals surface area contributed by atoms with Gasteiger partial charge < -0.3 is 15.3 Å². The zero-order valence-electron chi connectivity index (χ0n) is 11.6. The van der Waals surface area contributed by atoms with Gasteiger partial charge in [0.05, 0.1) is 11.3 Å². The van der Waals surface area contributed by atoms with Crippen LogP contribution in [0.1, 0.15) is 23.7 Å². The lowest BCUT2D eigenvalue weighted by atomic mass is 10.1. The van der Waals surface area contributed by atoms with Gasteiger partial charge in [0, 0.05) is 24.1 Å². The van der Waals surface area contributed by atoms with Crippen molar-refractivity contribution in [1.82, 2.24) is 4.90 Å². The predicted octanol–water partition coefficient (Wildman–Crippen LogP) is 2.88. The molecule has 1 fully saturated rings. The molecule has 5 nitrogen and oxygen atoms in total. The molecule has 114 valence electrons. The zero-order valence-corrected chi connectivity index (χ0v) is 12.5. The van der Waals surface area contributed by atoms with Crippen molar-refractivity contribution in [3.8, 4) is 0 Å². The number of carbonyl (C=O) groups is 2. The first kappa shape index (κ1) is 15.6. The molecule has 1 aromatic carbocycles. The molecule has 1 aliphatic heterocycles. The lowest BCUT2D eigenvalue weighted by molar-refractivity contribution is 0.0697. The van der Waals surface area contributed by atoms with Crippen LogP contribution in [0.5, 0.6) is 0 Å². The Morgan fingerprint density at radius 1 is 1.52 bits per heavy atom. The van der Waals surface area contributed by atoms with E-state index in [4.69, 9.17) is 5.11 Å². The predicted molar refractivity (Wildman–Crippen MR) is 80.5 cm³/mol. The van der Waals surface area contributed by atoms with E-state index in [1.54, 1.807) is 4.90 Å². The van der Waals surface area contributed by atoms with Gasteiger partial charge in [0.25, 0.3) is 0 Å². The minimum absolute atomic E-state index is 0.111. The molecular weight excluding hydrogens is 295 g/mol. The Morgan fingerprint density at radius 2 is 2.29 bits per heavy atom. The van der Waals surface area contributed by atoms with E-state index in [9.17, 15) is 14.0 Å². The number of carbonyl (C=O) groups excluding carboxylic acids is 1. The summed E-state index contributed by atoms with van der Waals surface area (Å²) in [7, 11) is 0. The molecule has 2 N–H and O–H groups in total. The van der Waals surface area contributed by atoms with Crippen LogP contribution in [0, 0.1) is 5.82 Å². The van der Waals surface area contributed by atoms with Gasteiger partial charge in [-0.15, -0.1) is 0 Å². The van der Waals surface area contributed by atoms with E-state index in [1.165, 1.54) is 6.07 Å². The first-order valence-corrected chi connectivity index (χ1v) is 7.76. The summed E-state index contributed by atoms with van der Waals surface area (Å²) < 4.78 is 13.1. The van der Waals surface area contributed by atoms with E-state index in [1.807, 2.05) is 11.8 Å². The van der Waals surface area contributed by atoms with E-state index >= 15 is 0 Å². The summed E-state index contributed by atoms with van der Waals surface area (Å²) in [5.41, 5.74) is -0.137. The molecule has 0 spiro atoms. The molecular formula is C14H17FN2O3S. The highest BCUT2D eigenvalue weighted by Crippen LogP contribution is 2.23. The molecule has 7 heteroatoms. The van der Waals surface area contributed by atoms with Crippen LogP contribution in [0.25, 0.3) is 0 Å². The highest BCUT2D eigenvalue weighted by atomic mass is 32.2. The number of carboxylic acid groups (broad SMARTS) is 1. The van der Waals surface area contributed by atoms with Crippen molar-refractivity contribution in [2.24, 2.45) is 0 Å². The molecule has 0 radical (unpaired) electrons. The topological polar surface area (TPSA) is 69.6 Å². The number of hydrogen-bond donors (Lipinski definition) is 2. The third kappa shape index (κ3) is 3.87. The summed E-state index contributed by atoms with van der Waals surface area (Å²) >= 11 is 1.84. The van der Waals surface area contributed by atoms with E-state index in [0.29, 0.717) is 18.3 Å². The van der Waals surface area contributed by atoms with Gasteiger partial charge in [-0.25, -0.2) is 14.0 Å². The number of carboxylic acids is 1. The summed E-state index contributed by atoms with van der Waals surface area (Å²) in [6, 6.07) is 2.96. The number of halogens is 1. The Labute approximate surface area is 126 Å². The van der Waals surface area contributed by atoms with Crippen LogP contribution in [0.15, 0.2) is 18.2 Å². The van der Waals surface area contributed by atoms with Gasteiger partial charge in [-0.2, -0.15) is 11.8 Å². The Morgan fingerprint density at radius 3 is 2.95 bits per heavy atom. The maximum absolute atomic E-state index is 13.1. The molecule has 0 aromatic heterocycles. The number of urea groups is 1. The van der Waals surface area contributed by atoms with Gasteiger partial charge in [-0.3, -0.25) is 0 Å².